The van der Waals surface area contributed by atoms with Gasteiger partial charge >= 0.3 is 0 Å². The highest BCUT2D eigenvalue weighted by atomic mass is 35.5. The van der Waals surface area contributed by atoms with E-state index in [1.807, 2.05) is 49.4 Å². The molecule has 0 aliphatic heterocycles. The number of benzene rings is 3. The average molecular weight is 483 g/mol. The largest absolute Gasteiger partial charge is 0.481 e. The highest BCUT2D eigenvalue weighted by Crippen LogP contribution is 2.19. The second-order valence-electron chi connectivity index (χ2n) is 7.86. The van der Waals surface area contributed by atoms with E-state index < -0.39 is 24.4 Å². The zero-order chi connectivity index (χ0) is 24.3. The highest BCUT2D eigenvalue weighted by molar-refractivity contribution is 6.30. The Kier molecular flexibility index (Phi) is 9.47. The monoisotopic (exact) mass is 482 g/mol. The Bertz CT molecular complexity index is 1080. The van der Waals surface area contributed by atoms with Crippen molar-refractivity contribution in [1.82, 2.24) is 10.2 Å². The van der Waals surface area contributed by atoms with Gasteiger partial charge in [0.15, 0.2) is 18.2 Å². The Morgan fingerprint density at radius 2 is 1.65 bits per heavy atom. The number of para-hydroxylation sites is 1. The molecule has 0 fully saturated rings. The molecule has 3 rings (SSSR count). The summed E-state index contributed by atoms with van der Waals surface area (Å²) < 4.78 is 19.5. The van der Waals surface area contributed by atoms with Gasteiger partial charge in [0.1, 0.15) is 6.04 Å². The first-order valence-electron chi connectivity index (χ1n) is 11.2. The molecule has 0 heterocycles. The number of hydrogen-bond donors (Lipinski definition) is 1. The SMILES string of the molecule is CCCNC(=O)[C@@H](Cc1ccccc1)N(Cc1ccc(Cl)cc1)C(=O)COc1ccccc1F. The second-order valence-corrected chi connectivity index (χ2v) is 8.30. The standard InChI is InChI=1S/C27H28ClFN2O3/c1-2-16-30-27(33)24(17-20-8-4-3-5-9-20)31(18-21-12-14-22(28)15-13-21)26(32)19-34-25-11-7-6-10-23(25)29/h3-15,24H,2,16-19H2,1H3,(H,30,33)/t24-/m1/s1. The number of nitrogens with one attached hydrogen (secondary N) is 1. The number of amides is 2. The summed E-state index contributed by atoms with van der Waals surface area (Å²) >= 11 is 6.02. The van der Waals surface area contributed by atoms with Crippen molar-refractivity contribution in [2.75, 3.05) is 13.2 Å². The Labute approximate surface area is 204 Å². The molecule has 0 saturated carbocycles. The van der Waals surface area contributed by atoms with Crippen molar-refractivity contribution in [1.29, 1.82) is 0 Å². The third kappa shape index (κ3) is 7.32. The highest BCUT2D eigenvalue weighted by Gasteiger charge is 2.30. The summed E-state index contributed by atoms with van der Waals surface area (Å²) in [5, 5.41) is 3.49. The summed E-state index contributed by atoms with van der Waals surface area (Å²) in [7, 11) is 0. The minimum absolute atomic E-state index is 0.0164. The molecule has 5 nitrogen and oxygen atoms in total. The van der Waals surface area contributed by atoms with Crippen molar-refractivity contribution in [3.63, 3.8) is 0 Å². The number of nitrogens with zero attached hydrogens (tertiary/aromatic N) is 1. The van der Waals surface area contributed by atoms with E-state index in [1.165, 1.54) is 17.0 Å². The number of rotatable bonds is 11. The zero-order valence-corrected chi connectivity index (χ0v) is 19.8. The molecule has 0 aromatic heterocycles. The van der Waals surface area contributed by atoms with Gasteiger partial charge in [-0.25, -0.2) is 4.39 Å². The van der Waals surface area contributed by atoms with Gasteiger partial charge in [-0.15, -0.1) is 0 Å². The quantitative estimate of drug-likeness (QED) is 0.417. The summed E-state index contributed by atoms with van der Waals surface area (Å²) in [6.07, 6.45) is 1.10. The third-order valence-corrected chi connectivity index (χ3v) is 5.53. The van der Waals surface area contributed by atoms with Crippen LogP contribution in [-0.2, 0) is 22.6 Å². The number of halogens is 2. The number of carbonyl (C=O) groups is 2. The second kappa shape index (κ2) is 12.8. The molecule has 0 unspecified atom stereocenters. The maximum absolute atomic E-state index is 14.0. The first-order valence-corrected chi connectivity index (χ1v) is 11.6. The van der Waals surface area contributed by atoms with Crippen LogP contribution in [0.25, 0.3) is 0 Å². The molecule has 34 heavy (non-hydrogen) atoms. The zero-order valence-electron chi connectivity index (χ0n) is 19.0. The van der Waals surface area contributed by atoms with Gasteiger partial charge < -0.3 is 15.0 Å². The topological polar surface area (TPSA) is 58.6 Å². The van der Waals surface area contributed by atoms with Gasteiger partial charge in [-0.05, 0) is 41.8 Å². The van der Waals surface area contributed by atoms with Crippen LogP contribution >= 0.6 is 11.6 Å². The molecule has 0 saturated heterocycles. The molecule has 0 spiro atoms. The predicted molar refractivity (Wildman–Crippen MR) is 131 cm³/mol. The average Bonchev–Trinajstić information content (AvgIpc) is 2.85. The molecule has 2 amide bonds. The molecule has 3 aromatic rings. The Morgan fingerprint density at radius 3 is 2.32 bits per heavy atom. The predicted octanol–water partition coefficient (Wildman–Crippen LogP) is 5.02. The normalized spacial score (nSPS) is 11.5. The van der Waals surface area contributed by atoms with Gasteiger partial charge in [0.2, 0.25) is 5.91 Å². The maximum atomic E-state index is 14.0. The van der Waals surface area contributed by atoms with Crippen molar-refractivity contribution < 1.29 is 18.7 Å². The summed E-state index contributed by atoms with van der Waals surface area (Å²) in [6, 6.07) is 21.7. The third-order valence-electron chi connectivity index (χ3n) is 5.27. The van der Waals surface area contributed by atoms with Crippen molar-refractivity contribution in [3.8, 4) is 5.75 Å². The van der Waals surface area contributed by atoms with E-state index in [2.05, 4.69) is 5.32 Å². The molecule has 0 radical (unpaired) electrons. The fraction of sp³-hybridized carbons (Fsp3) is 0.259. The van der Waals surface area contributed by atoms with E-state index in [4.69, 9.17) is 16.3 Å². The number of carbonyl (C=O) groups excluding carboxylic acids is 2. The minimum Gasteiger partial charge on any atom is -0.481 e. The van der Waals surface area contributed by atoms with Crippen LogP contribution in [0.5, 0.6) is 5.75 Å². The Morgan fingerprint density at radius 1 is 0.971 bits per heavy atom. The van der Waals surface area contributed by atoms with Crippen LogP contribution in [0, 0.1) is 5.82 Å². The Hall–Kier alpha value is -3.38. The van der Waals surface area contributed by atoms with Gasteiger partial charge in [-0.1, -0.05) is 73.1 Å². The maximum Gasteiger partial charge on any atom is 0.261 e. The molecule has 1 N–H and O–H groups in total. The van der Waals surface area contributed by atoms with E-state index in [9.17, 15) is 14.0 Å². The summed E-state index contributed by atoms with van der Waals surface area (Å²) in [6.45, 7) is 2.23. The number of hydrogen-bond acceptors (Lipinski definition) is 3. The molecule has 0 aliphatic carbocycles. The molecule has 1 atom stereocenters. The lowest BCUT2D eigenvalue weighted by molar-refractivity contribution is -0.142. The number of ether oxygens (including phenoxy) is 1. The lowest BCUT2D eigenvalue weighted by Gasteiger charge is -2.31. The van der Waals surface area contributed by atoms with Gasteiger partial charge in [0.25, 0.3) is 5.91 Å². The van der Waals surface area contributed by atoms with E-state index in [1.54, 1.807) is 24.3 Å². The summed E-state index contributed by atoms with van der Waals surface area (Å²) in [5.74, 6) is -1.25. The van der Waals surface area contributed by atoms with Crippen LogP contribution in [0.2, 0.25) is 5.02 Å². The lowest BCUT2D eigenvalue weighted by atomic mass is 10.0. The van der Waals surface area contributed by atoms with E-state index in [0.29, 0.717) is 18.0 Å². The van der Waals surface area contributed by atoms with Gasteiger partial charge in [0, 0.05) is 24.5 Å². The molecule has 7 heteroatoms. The van der Waals surface area contributed by atoms with Crippen LogP contribution in [0.15, 0.2) is 78.9 Å². The lowest BCUT2D eigenvalue weighted by Crippen LogP contribution is -2.51. The van der Waals surface area contributed by atoms with Crippen LogP contribution in [0.1, 0.15) is 24.5 Å². The van der Waals surface area contributed by atoms with Crippen molar-refractivity contribution >= 4 is 23.4 Å². The Balaban J connectivity index is 1.89. The van der Waals surface area contributed by atoms with Crippen molar-refractivity contribution in [2.45, 2.75) is 32.4 Å². The van der Waals surface area contributed by atoms with Crippen LogP contribution in [-0.4, -0.2) is 35.9 Å². The molecule has 178 valence electrons. The smallest absolute Gasteiger partial charge is 0.261 e. The summed E-state index contributed by atoms with van der Waals surface area (Å²) in [5.41, 5.74) is 1.73. The van der Waals surface area contributed by atoms with E-state index in [-0.39, 0.29) is 18.2 Å². The van der Waals surface area contributed by atoms with Gasteiger partial charge in [0.05, 0.1) is 0 Å². The first-order chi connectivity index (χ1) is 16.5. The molecule has 3 aromatic carbocycles. The molecular weight excluding hydrogens is 455 g/mol. The van der Waals surface area contributed by atoms with Crippen molar-refractivity contribution in [2.24, 2.45) is 0 Å². The molecule has 0 aliphatic rings. The van der Waals surface area contributed by atoms with Gasteiger partial charge in [-0.2, -0.15) is 0 Å². The molecule has 0 bridgehead atoms. The van der Waals surface area contributed by atoms with Crippen LogP contribution < -0.4 is 10.1 Å². The van der Waals surface area contributed by atoms with Crippen LogP contribution in [0.4, 0.5) is 4.39 Å². The fourth-order valence-corrected chi connectivity index (χ4v) is 3.62. The minimum atomic E-state index is -0.777. The van der Waals surface area contributed by atoms with Crippen molar-refractivity contribution in [3.05, 3.63) is 101 Å². The first kappa shape index (κ1) is 25.2. The fourth-order valence-electron chi connectivity index (χ4n) is 3.49. The van der Waals surface area contributed by atoms with Gasteiger partial charge in [-0.3, -0.25) is 9.59 Å². The summed E-state index contributed by atoms with van der Waals surface area (Å²) in [4.78, 5) is 28.1. The van der Waals surface area contributed by atoms with E-state index >= 15 is 0 Å². The van der Waals surface area contributed by atoms with E-state index in [0.717, 1.165) is 17.5 Å². The molecular formula is C27H28ClFN2O3. The van der Waals surface area contributed by atoms with Crippen LogP contribution in [0.3, 0.4) is 0 Å².